The lowest BCUT2D eigenvalue weighted by Crippen LogP contribution is -2.29. The Hall–Kier alpha value is -0.920. The van der Waals surface area contributed by atoms with E-state index in [4.69, 9.17) is 0 Å². The van der Waals surface area contributed by atoms with Crippen molar-refractivity contribution in [2.75, 3.05) is 25.5 Å². The van der Waals surface area contributed by atoms with Crippen molar-refractivity contribution in [3.05, 3.63) is 15.5 Å². The van der Waals surface area contributed by atoms with Gasteiger partial charge in [0.1, 0.15) is 0 Å². The summed E-state index contributed by atoms with van der Waals surface area (Å²) in [6, 6.07) is 0.107. The van der Waals surface area contributed by atoms with Crippen molar-refractivity contribution < 1.29 is 4.79 Å². The number of hydrogen-bond donors (Lipinski definition) is 0. The molecule has 0 aromatic carbocycles. The highest BCUT2D eigenvalue weighted by molar-refractivity contribution is 14.1. The van der Waals surface area contributed by atoms with Gasteiger partial charge in [-0.15, -0.1) is 0 Å². The van der Waals surface area contributed by atoms with Gasteiger partial charge in [0.05, 0.1) is 15.3 Å². The number of amides is 1. The smallest absolute Gasteiger partial charge is 0.225 e. The van der Waals surface area contributed by atoms with Gasteiger partial charge >= 0.3 is 0 Å². The zero-order valence-corrected chi connectivity index (χ0v) is 13.0. The van der Waals surface area contributed by atoms with Gasteiger partial charge in [0.2, 0.25) is 11.9 Å². The molecule has 1 saturated heterocycles. The van der Waals surface area contributed by atoms with E-state index >= 15 is 0 Å². The first-order valence-electron chi connectivity index (χ1n) is 5.97. The van der Waals surface area contributed by atoms with Gasteiger partial charge in [-0.25, -0.2) is 9.97 Å². The summed E-state index contributed by atoms with van der Waals surface area (Å²) in [6.45, 7) is 2.45. The fourth-order valence-electron chi connectivity index (χ4n) is 2.25. The summed E-state index contributed by atoms with van der Waals surface area (Å²) in [6.07, 6.45) is 3.86. The van der Waals surface area contributed by atoms with Gasteiger partial charge in [-0.2, -0.15) is 0 Å². The molecule has 2 rings (SSSR count). The predicted octanol–water partition coefficient (Wildman–Crippen LogP) is 1.83. The van der Waals surface area contributed by atoms with Crippen LogP contribution in [0.4, 0.5) is 5.95 Å². The molecule has 1 aromatic rings. The Labute approximate surface area is 121 Å². The van der Waals surface area contributed by atoms with Gasteiger partial charge in [-0.1, -0.05) is 0 Å². The van der Waals surface area contributed by atoms with Crippen LogP contribution >= 0.6 is 22.6 Å². The quantitative estimate of drug-likeness (QED) is 0.756. The number of nitrogens with zero attached hydrogens (tertiary/aromatic N) is 4. The van der Waals surface area contributed by atoms with Gasteiger partial charge in [-0.3, -0.25) is 4.79 Å². The van der Waals surface area contributed by atoms with Crippen LogP contribution in [0.2, 0.25) is 0 Å². The molecular weight excluding hydrogens is 343 g/mol. The summed E-state index contributed by atoms with van der Waals surface area (Å²) in [5.41, 5.74) is 0.974. The van der Waals surface area contributed by atoms with E-state index in [0.717, 1.165) is 28.7 Å². The number of aromatic nitrogens is 2. The third-order valence-corrected chi connectivity index (χ3v) is 3.96. The van der Waals surface area contributed by atoms with Crippen LogP contribution in [0.3, 0.4) is 0 Å². The molecule has 2 heterocycles. The molecule has 98 valence electrons. The van der Waals surface area contributed by atoms with E-state index in [2.05, 4.69) is 32.6 Å². The van der Waals surface area contributed by atoms with Crippen molar-refractivity contribution in [3.8, 4) is 0 Å². The molecule has 1 aliphatic heterocycles. The van der Waals surface area contributed by atoms with Gasteiger partial charge < -0.3 is 9.80 Å². The summed E-state index contributed by atoms with van der Waals surface area (Å²) >= 11 is 2.24. The molecule has 0 unspecified atom stereocenters. The monoisotopic (exact) mass is 360 g/mol. The molecule has 1 aliphatic rings. The summed E-state index contributed by atoms with van der Waals surface area (Å²) in [5.74, 6) is 0.819. The van der Waals surface area contributed by atoms with E-state index in [1.54, 1.807) is 6.92 Å². The van der Waals surface area contributed by atoms with Crippen molar-refractivity contribution >= 4 is 34.4 Å². The zero-order chi connectivity index (χ0) is 13.3. The van der Waals surface area contributed by atoms with E-state index in [1.165, 1.54) is 0 Å². The first kappa shape index (κ1) is 13.5. The van der Waals surface area contributed by atoms with E-state index < -0.39 is 0 Å². The van der Waals surface area contributed by atoms with Crippen molar-refractivity contribution in [3.63, 3.8) is 0 Å². The normalized spacial score (nSPS) is 19.1. The Morgan fingerprint density at radius 3 is 2.89 bits per heavy atom. The van der Waals surface area contributed by atoms with Crippen LogP contribution in [0.25, 0.3) is 0 Å². The summed E-state index contributed by atoms with van der Waals surface area (Å²) in [4.78, 5) is 24.3. The third kappa shape index (κ3) is 2.57. The van der Waals surface area contributed by atoms with Crippen molar-refractivity contribution in [2.24, 2.45) is 0 Å². The van der Waals surface area contributed by atoms with Gasteiger partial charge in [0.25, 0.3) is 0 Å². The SMILES string of the molecule is CC(=O)N1CCC[C@@H]1c1nc(N(C)C)ncc1I. The second-order valence-electron chi connectivity index (χ2n) is 4.67. The van der Waals surface area contributed by atoms with Crippen LogP contribution in [-0.2, 0) is 4.79 Å². The minimum absolute atomic E-state index is 0.107. The fourth-order valence-corrected chi connectivity index (χ4v) is 2.87. The first-order chi connectivity index (χ1) is 8.50. The van der Waals surface area contributed by atoms with E-state index in [0.29, 0.717) is 5.95 Å². The number of likely N-dealkylation sites (tertiary alicyclic amines) is 1. The lowest BCUT2D eigenvalue weighted by atomic mass is 10.1. The molecule has 0 radical (unpaired) electrons. The lowest BCUT2D eigenvalue weighted by Gasteiger charge is -2.24. The summed E-state index contributed by atoms with van der Waals surface area (Å²) < 4.78 is 1.02. The Kier molecular flexibility index (Phi) is 4.04. The Morgan fingerprint density at radius 2 is 2.28 bits per heavy atom. The molecule has 1 fully saturated rings. The fraction of sp³-hybridized carbons (Fsp3) is 0.583. The van der Waals surface area contributed by atoms with Gasteiger partial charge in [-0.05, 0) is 35.4 Å². The lowest BCUT2D eigenvalue weighted by molar-refractivity contribution is -0.129. The van der Waals surface area contributed by atoms with Crippen LogP contribution in [0, 0.1) is 3.57 Å². The second-order valence-corrected chi connectivity index (χ2v) is 5.83. The van der Waals surface area contributed by atoms with Gasteiger partial charge in [0, 0.05) is 33.8 Å². The Morgan fingerprint density at radius 1 is 1.56 bits per heavy atom. The molecule has 0 saturated carbocycles. The van der Waals surface area contributed by atoms with Crippen LogP contribution in [-0.4, -0.2) is 41.4 Å². The van der Waals surface area contributed by atoms with E-state index in [9.17, 15) is 4.79 Å². The number of carbonyl (C=O) groups is 1. The highest BCUT2D eigenvalue weighted by Crippen LogP contribution is 2.33. The van der Waals surface area contributed by atoms with Crippen molar-refractivity contribution in [1.82, 2.24) is 14.9 Å². The minimum atomic E-state index is 0.107. The summed E-state index contributed by atoms with van der Waals surface area (Å²) in [5, 5.41) is 0. The second kappa shape index (κ2) is 5.38. The van der Waals surface area contributed by atoms with E-state index in [-0.39, 0.29) is 11.9 Å². The molecule has 0 spiro atoms. The van der Waals surface area contributed by atoms with Crippen LogP contribution in [0.1, 0.15) is 31.5 Å². The van der Waals surface area contributed by atoms with Crippen molar-refractivity contribution in [1.29, 1.82) is 0 Å². The van der Waals surface area contributed by atoms with Crippen LogP contribution in [0.15, 0.2) is 6.20 Å². The number of hydrogen-bond acceptors (Lipinski definition) is 4. The van der Waals surface area contributed by atoms with Crippen LogP contribution in [0.5, 0.6) is 0 Å². The minimum Gasteiger partial charge on any atom is -0.347 e. The van der Waals surface area contributed by atoms with Crippen LogP contribution < -0.4 is 4.90 Å². The predicted molar refractivity (Wildman–Crippen MR) is 78.4 cm³/mol. The molecule has 1 amide bonds. The standard InChI is InChI=1S/C12H17IN4O/c1-8(18)17-6-4-5-10(17)11-9(13)7-14-12(15-11)16(2)3/h7,10H,4-6H2,1-3H3/t10-/m1/s1. The zero-order valence-electron chi connectivity index (χ0n) is 10.9. The molecule has 0 N–H and O–H groups in total. The maximum absolute atomic E-state index is 11.6. The highest BCUT2D eigenvalue weighted by Gasteiger charge is 2.30. The number of rotatable bonds is 2. The summed E-state index contributed by atoms with van der Waals surface area (Å²) in [7, 11) is 3.84. The largest absolute Gasteiger partial charge is 0.347 e. The molecular formula is C12H17IN4O. The number of carbonyl (C=O) groups excluding carboxylic acids is 1. The molecule has 1 aromatic heterocycles. The van der Waals surface area contributed by atoms with E-state index in [1.807, 2.05) is 30.1 Å². The molecule has 1 atom stereocenters. The molecule has 0 bridgehead atoms. The molecule has 5 nitrogen and oxygen atoms in total. The van der Waals surface area contributed by atoms with Crippen molar-refractivity contribution in [2.45, 2.75) is 25.8 Å². The molecule has 18 heavy (non-hydrogen) atoms. The topological polar surface area (TPSA) is 49.3 Å². The maximum Gasteiger partial charge on any atom is 0.225 e. The highest BCUT2D eigenvalue weighted by atomic mass is 127. The molecule has 6 heteroatoms. The third-order valence-electron chi connectivity index (χ3n) is 3.13. The molecule has 0 aliphatic carbocycles. The number of anilines is 1. The average molecular weight is 360 g/mol. The Bertz CT molecular complexity index is 463. The Balaban J connectivity index is 2.37. The average Bonchev–Trinajstić information content (AvgIpc) is 2.78. The van der Waals surface area contributed by atoms with Gasteiger partial charge in [0.15, 0.2) is 0 Å². The first-order valence-corrected chi connectivity index (χ1v) is 7.05. The maximum atomic E-state index is 11.6. The number of halogens is 1.